The molecule has 0 unspecified atom stereocenters. The van der Waals surface area contributed by atoms with E-state index in [9.17, 15) is 29.3 Å². The van der Waals surface area contributed by atoms with Gasteiger partial charge in [-0.1, -0.05) is 19.4 Å². The van der Waals surface area contributed by atoms with Gasteiger partial charge in [-0.3, -0.25) is 34.2 Å². The van der Waals surface area contributed by atoms with E-state index < -0.39 is 47.5 Å². The van der Waals surface area contributed by atoms with Crippen LogP contribution in [0.25, 0.3) is 0 Å². The average molecular weight is 377 g/mol. The Morgan fingerprint density at radius 2 is 2.00 bits per heavy atom. The molecule has 1 N–H and O–H groups in total. The van der Waals surface area contributed by atoms with Crippen molar-refractivity contribution in [3.63, 3.8) is 0 Å². The quantitative estimate of drug-likeness (QED) is 0.309. The minimum absolute atomic E-state index is 0.0713. The molecule has 1 aliphatic heterocycles. The first-order valence-electron chi connectivity index (χ1n) is 8.34. The number of imide groups is 1. The predicted molar refractivity (Wildman–Crippen MR) is 91.9 cm³/mol. The van der Waals surface area contributed by atoms with Crippen LogP contribution in [-0.2, 0) is 14.3 Å². The van der Waals surface area contributed by atoms with Crippen molar-refractivity contribution < 1.29 is 28.8 Å². The highest BCUT2D eigenvalue weighted by atomic mass is 16.6. The Labute approximate surface area is 154 Å². The van der Waals surface area contributed by atoms with Gasteiger partial charge in [0, 0.05) is 12.1 Å². The fourth-order valence-corrected chi connectivity index (χ4v) is 2.75. The molecule has 0 saturated carbocycles. The topological polar surface area (TPSA) is 136 Å². The van der Waals surface area contributed by atoms with Crippen LogP contribution < -0.4 is 5.32 Å². The van der Waals surface area contributed by atoms with Crippen LogP contribution in [0.3, 0.4) is 0 Å². The first-order valence-corrected chi connectivity index (χ1v) is 8.34. The van der Waals surface area contributed by atoms with Crippen LogP contribution in [0.2, 0.25) is 0 Å². The molecule has 1 aromatic carbocycles. The zero-order valence-electron chi connectivity index (χ0n) is 14.9. The normalized spacial score (nSPS) is 13.9. The summed E-state index contributed by atoms with van der Waals surface area (Å²) in [6, 6.07) is 3.59. The van der Waals surface area contributed by atoms with E-state index >= 15 is 0 Å². The van der Waals surface area contributed by atoms with Crippen molar-refractivity contribution in [1.29, 1.82) is 0 Å². The number of nitro benzene ring substituents is 1. The molecule has 10 nitrogen and oxygen atoms in total. The molecule has 27 heavy (non-hydrogen) atoms. The summed E-state index contributed by atoms with van der Waals surface area (Å²) >= 11 is 0. The van der Waals surface area contributed by atoms with E-state index in [0.29, 0.717) is 4.90 Å². The van der Waals surface area contributed by atoms with Crippen molar-refractivity contribution in [3.05, 3.63) is 39.4 Å². The number of nitrogens with zero attached hydrogens (tertiary/aromatic N) is 2. The molecule has 0 bridgehead atoms. The number of carbonyl (C=O) groups is 4. The Balaban J connectivity index is 1.98. The van der Waals surface area contributed by atoms with Crippen molar-refractivity contribution >= 4 is 29.4 Å². The van der Waals surface area contributed by atoms with E-state index in [0.717, 1.165) is 18.9 Å². The Kier molecular flexibility index (Phi) is 6.22. The van der Waals surface area contributed by atoms with Crippen molar-refractivity contribution in [3.8, 4) is 0 Å². The summed E-state index contributed by atoms with van der Waals surface area (Å²) in [5.41, 5.74) is -1.01. The Hall–Kier alpha value is -3.30. The van der Waals surface area contributed by atoms with E-state index in [1.54, 1.807) is 0 Å². The van der Waals surface area contributed by atoms with Gasteiger partial charge in [-0.15, -0.1) is 0 Å². The van der Waals surface area contributed by atoms with Crippen molar-refractivity contribution in [1.82, 2.24) is 10.2 Å². The minimum atomic E-state index is -0.967. The van der Waals surface area contributed by atoms with Gasteiger partial charge in [0.05, 0.1) is 10.5 Å². The number of benzene rings is 1. The summed E-state index contributed by atoms with van der Waals surface area (Å²) in [6.45, 7) is 2.50. The molecule has 1 aromatic rings. The lowest BCUT2D eigenvalue weighted by molar-refractivity contribution is -0.385. The number of nitrogens with one attached hydrogen (secondary N) is 1. The highest BCUT2D eigenvalue weighted by Crippen LogP contribution is 2.30. The predicted octanol–water partition coefficient (Wildman–Crippen LogP) is 1.04. The molecular weight excluding hydrogens is 358 g/mol. The van der Waals surface area contributed by atoms with E-state index in [-0.39, 0.29) is 17.2 Å². The third kappa shape index (κ3) is 4.46. The molecule has 10 heteroatoms. The molecule has 1 atom stereocenters. The maximum atomic E-state index is 12.3. The number of carbonyl (C=O) groups excluding carboxylic acids is 4. The number of rotatable bonds is 8. The van der Waals surface area contributed by atoms with Crippen LogP contribution in [0.1, 0.15) is 47.4 Å². The number of nitro groups is 1. The number of hydrogen-bond donors (Lipinski definition) is 1. The highest BCUT2D eigenvalue weighted by molar-refractivity contribution is 6.24. The van der Waals surface area contributed by atoms with Gasteiger partial charge in [0.15, 0.2) is 6.61 Å². The second-order valence-corrected chi connectivity index (χ2v) is 6.07. The third-order valence-electron chi connectivity index (χ3n) is 3.95. The number of amides is 3. The van der Waals surface area contributed by atoms with Gasteiger partial charge in [0.25, 0.3) is 23.4 Å². The van der Waals surface area contributed by atoms with Gasteiger partial charge in [-0.2, -0.15) is 0 Å². The number of ether oxygens (including phenoxy) is 1. The largest absolute Gasteiger partial charge is 0.454 e. The molecule has 144 valence electrons. The minimum Gasteiger partial charge on any atom is -0.454 e. The first kappa shape index (κ1) is 20.0. The molecule has 0 saturated heterocycles. The van der Waals surface area contributed by atoms with Gasteiger partial charge in [0.1, 0.15) is 12.1 Å². The second-order valence-electron chi connectivity index (χ2n) is 6.07. The smallest absolute Gasteiger partial charge is 0.326 e. The molecule has 0 spiro atoms. The van der Waals surface area contributed by atoms with E-state index in [1.165, 1.54) is 12.1 Å². The van der Waals surface area contributed by atoms with Crippen LogP contribution >= 0.6 is 0 Å². The van der Waals surface area contributed by atoms with E-state index in [4.69, 9.17) is 4.74 Å². The van der Waals surface area contributed by atoms with E-state index in [1.807, 2.05) is 13.8 Å². The Morgan fingerprint density at radius 3 is 2.63 bits per heavy atom. The maximum absolute atomic E-state index is 12.3. The SMILES string of the molecule is CCC[C@@H](C)NC(=O)COC(=O)CN1C(=O)c2cccc([N+](=O)[O-])c2C1=O. The molecule has 1 heterocycles. The number of hydrogen-bond acceptors (Lipinski definition) is 7. The molecule has 1 aliphatic rings. The molecule has 0 aliphatic carbocycles. The molecule has 0 radical (unpaired) electrons. The zero-order chi connectivity index (χ0) is 20.1. The summed E-state index contributed by atoms with van der Waals surface area (Å²) in [5.74, 6) is -3.23. The molecular formula is C17H19N3O7. The lowest BCUT2D eigenvalue weighted by Gasteiger charge is -2.14. The molecule has 0 aromatic heterocycles. The summed E-state index contributed by atoms with van der Waals surface area (Å²) in [7, 11) is 0. The molecule has 3 amide bonds. The zero-order valence-corrected chi connectivity index (χ0v) is 14.9. The summed E-state index contributed by atoms with van der Waals surface area (Å²) in [6.07, 6.45) is 1.65. The molecule has 0 fully saturated rings. The fraction of sp³-hybridized carbons (Fsp3) is 0.412. The van der Waals surface area contributed by atoms with Gasteiger partial charge >= 0.3 is 5.97 Å². The van der Waals surface area contributed by atoms with Gasteiger partial charge in [0.2, 0.25) is 0 Å². The van der Waals surface area contributed by atoms with Crippen molar-refractivity contribution in [2.75, 3.05) is 13.2 Å². The lowest BCUT2D eigenvalue weighted by atomic mass is 10.1. The highest BCUT2D eigenvalue weighted by Gasteiger charge is 2.41. The van der Waals surface area contributed by atoms with Crippen molar-refractivity contribution in [2.45, 2.75) is 32.7 Å². The summed E-state index contributed by atoms with van der Waals surface area (Å²) in [5, 5.41) is 13.7. The second kappa shape index (κ2) is 8.39. The first-order chi connectivity index (χ1) is 12.8. The monoisotopic (exact) mass is 377 g/mol. The Bertz CT molecular complexity index is 806. The Morgan fingerprint density at radius 1 is 1.30 bits per heavy atom. The summed E-state index contributed by atoms with van der Waals surface area (Å²) in [4.78, 5) is 59.0. The van der Waals surface area contributed by atoms with Gasteiger partial charge in [-0.25, -0.2) is 0 Å². The third-order valence-corrected chi connectivity index (χ3v) is 3.95. The van der Waals surface area contributed by atoms with Crippen LogP contribution in [0.4, 0.5) is 5.69 Å². The maximum Gasteiger partial charge on any atom is 0.326 e. The standard InChI is InChI=1S/C17H19N3O7/c1-3-5-10(2)18-13(21)9-27-14(22)8-19-16(23)11-6-4-7-12(20(25)26)15(11)17(19)24/h4,6-7,10H,3,5,8-9H2,1-2H3,(H,18,21)/t10-/m1/s1. The van der Waals surface area contributed by atoms with Crippen LogP contribution in [-0.4, -0.2) is 52.7 Å². The van der Waals surface area contributed by atoms with Crippen LogP contribution in [0.5, 0.6) is 0 Å². The van der Waals surface area contributed by atoms with Crippen molar-refractivity contribution in [2.24, 2.45) is 0 Å². The summed E-state index contributed by atoms with van der Waals surface area (Å²) < 4.78 is 4.79. The lowest BCUT2D eigenvalue weighted by Crippen LogP contribution is -2.39. The van der Waals surface area contributed by atoms with Crippen LogP contribution in [0, 0.1) is 10.1 Å². The fourth-order valence-electron chi connectivity index (χ4n) is 2.75. The molecule has 2 rings (SSSR count). The van der Waals surface area contributed by atoms with Crippen LogP contribution in [0.15, 0.2) is 18.2 Å². The van der Waals surface area contributed by atoms with Gasteiger partial charge in [-0.05, 0) is 19.4 Å². The van der Waals surface area contributed by atoms with E-state index in [2.05, 4.69) is 5.32 Å². The number of esters is 1. The van der Waals surface area contributed by atoms with Gasteiger partial charge < -0.3 is 10.1 Å². The average Bonchev–Trinajstić information content (AvgIpc) is 2.85. The number of fused-ring (bicyclic) bond motifs is 1.